The fourth-order valence-electron chi connectivity index (χ4n) is 5.53. The van der Waals surface area contributed by atoms with Crippen molar-refractivity contribution in [1.29, 1.82) is 0 Å². The molecule has 3 aliphatic rings. The highest BCUT2D eigenvalue weighted by Crippen LogP contribution is 2.59. The average Bonchev–Trinajstić information content (AvgIpc) is 3.20. The molecule has 3 fully saturated rings. The predicted octanol–water partition coefficient (Wildman–Crippen LogP) is 3.80. The lowest BCUT2D eigenvalue weighted by Crippen LogP contribution is -2.33. The third-order valence-corrected chi connectivity index (χ3v) is 6.25. The van der Waals surface area contributed by atoms with Crippen LogP contribution in [0.15, 0.2) is 24.4 Å². The van der Waals surface area contributed by atoms with Crippen LogP contribution in [-0.2, 0) is 0 Å². The summed E-state index contributed by atoms with van der Waals surface area (Å²) < 4.78 is 0. The number of nitrogens with one attached hydrogen (secondary N) is 2. The van der Waals surface area contributed by atoms with Gasteiger partial charge in [-0.2, -0.15) is 5.10 Å². The van der Waals surface area contributed by atoms with Crippen LogP contribution in [-0.4, -0.2) is 16.2 Å². The lowest BCUT2D eigenvalue weighted by atomic mass is 9.79. The van der Waals surface area contributed by atoms with Gasteiger partial charge in [-0.1, -0.05) is 12.5 Å². The van der Waals surface area contributed by atoms with Gasteiger partial charge in [0.25, 0.3) is 0 Å². The van der Waals surface area contributed by atoms with Gasteiger partial charge in [0.2, 0.25) is 0 Å². The van der Waals surface area contributed by atoms with Crippen LogP contribution in [0.3, 0.4) is 0 Å². The highest BCUT2D eigenvalue weighted by molar-refractivity contribution is 5.90. The first-order chi connectivity index (χ1) is 9.90. The van der Waals surface area contributed by atoms with Gasteiger partial charge in [-0.05, 0) is 61.5 Å². The fourth-order valence-corrected chi connectivity index (χ4v) is 5.53. The van der Waals surface area contributed by atoms with Gasteiger partial charge in [-0.3, -0.25) is 5.10 Å². The molecule has 3 saturated carbocycles. The van der Waals surface area contributed by atoms with Crippen LogP contribution in [0.4, 0.5) is 5.69 Å². The van der Waals surface area contributed by atoms with Crippen LogP contribution in [0, 0.1) is 23.7 Å². The zero-order valence-corrected chi connectivity index (χ0v) is 11.7. The minimum Gasteiger partial charge on any atom is -0.381 e. The van der Waals surface area contributed by atoms with Gasteiger partial charge in [-0.15, -0.1) is 0 Å². The van der Waals surface area contributed by atoms with Crippen molar-refractivity contribution in [2.45, 2.75) is 38.1 Å². The second kappa shape index (κ2) is 4.00. The van der Waals surface area contributed by atoms with Gasteiger partial charge in [0.1, 0.15) is 0 Å². The second-order valence-electron chi connectivity index (χ2n) is 7.04. The topological polar surface area (TPSA) is 40.7 Å². The van der Waals surface area contributed by atoms with E-state index in [1.54, 1.807) is 0 Å². The van der Waals surface area contributed by atoms with Crippen molar-refractivity contribution >= 4 is 16.6 Å². The Kier molecular flexibility index (Phi) is 2.24. The molecule has 0 aliphatic heterocycles. The molecule has 2 N–H and O–H groups in total. The van der Waals surface area contributed by atoms with E-state index in [1.165, 1.54) is 43.2 Å². The molecule has 3 aliphatic carbocycles. The molecule has 1 aromatic heterocycles. The largest absolute Gasteiger partial charge is 0.381 e. The van der Waals surface area contributed by atoms with E-state index < -0.39 is 0 Å². The maximum atomic E-state index is 4.17. The first-order valence-corrected chi connectivity index (χ1v) is 8.09. The van der Waals surface area contributed by atoms with Crippen molar-refractivity contribution in [2.75, 3.05) is 5.32 Å². The molecule has 5 rings (SSSR count). The second-order valence-corrected chi connectivity index (χ2v) is 7.04. The summed E-state index contributed by atoms with van der Waals surface area (Å²) in [6.07, 6.45) is 9.29. The number of hydrogen-bond acceptors (Lipinski definition) is 2. The number of nitrogens with zero attached hydrogens (tertiary/aromatic N) is 1. The van der Waals surface area contributed by atoms with Gasteiger partial charge in [0.15, 0.2) is 0 Å². The lowest BCUT2D eigenvalue weighted by Gasteiger charge is -2.32. The normalized spacial score (nSPS) is 38.5. The highest BCUT2D eigenvalue weighted by Gasteiger charge is 2.53. The Morgan fingerprint density at radius 3 is 3.05 bits per heavy atom. The standard InChI is InChI=1S/C17H21N3/c1-3-11-10-7-13(12(11)4-1)17(8-10)19-15-5-2-6-16-14(15)9-18-20-16/h2,5-6,9-13,17,19H,1,3-4,7-8H2,(H,18,20). The summed E-state index contributed by atoms with van der Waals surface area (Å²) in [6.45, 7) is 0. The number of benzene rings is 1. The van der Waals surface area contributed by atoms with Gasteiger partial charge in [0.05, 0.1) is 11.7 Å². The van der Waals surface area contributed by atoms with Crippen molar-refractivity contribution in [3.05, 3.63) is 24.4 Å². The number of anilines is 1. The summed E-state index contributed by atoms with van der Waals surface area (Å²) >= 11 is 0. The molecule has 1 aromatic carbocycles. The smallest absolute Gasteiger partial charge is 0.0671 e. The summed E-state index contributed by atoms with van der Waals surface area (Å²) in [5, 5.41) is 12.3. The Balaban J connectivity index is 1.44. The molecule has 0 saturated heterocycles. The third kappa shape index (κ3) is 1.44. The molecule has 0 amide bonds. The zero-order chi connectivity index (χ0) is 13.1. The van der Waals surface area contributed by atoms with Crippen LogP contribution in [0.5, 0.6) is 0 Å². The Hall–Kier alpha value is -1.51. The summed E-state index contributed by atoms with van der Waals surface area (Å²) in [4.78, 5) is 0. The fraction of sp³-hybridized carbons (Fsp3) is 0.588. The molecule has 0 spiro atoms. The van der Waals surface area contributed by atoms with E-state index in [-0.39, 0.29) is 0 Å². The van der Waals surface area contributed by atoms with Crippen molar-refractivity contribution in [3.8, 4) is 0 Å². The first kappa shape index (κ1) is 11.2. The lowest BCUT2D eigenvalue weighted by molar-refractivity contribution is 0.243. The predicted molar refractivity (Wildman–Crippen MR) is 80.5 cm³/mol. The van der Waals surface area contributed by atoms with Crippen LogP contribution in [0.25, 0.3) is 10.9 Å². The quantitative estimate of drug-likeness (QED) is 0.869. The SMILES string of the molecule is c1cc(NC2CC3CC2C2CCCC32)c2cn[nH]c2c1. The van der Waals surface area contributed by atoms with Crippen LogP contribution >= 0.6 is 0 Å². The van der Waals surface area contributed by atoms with Crippen molar-refractivity contribution in [1.82, 2.24) is 10.2 Å². The number of aromatic nitrogens is 2. The molecule has 3 heteroatoms. The van der Waals surface area contributed by atoms with Gasteiger partial charge >= 0.3 is 0 Å². The molecule has 2 bridgehead atoms. The number of rotatable bonds is 2. The Morgan fingerprint density at radius 1 is 1.10 bits per heavy atom. The maximum Gasteiger partial charge on any atom is 0.0671 e. The molecule has 1 heterocycles. The minimum atomic E-state index is 0.694. The number of H-pyrrole nitrogens is 1. The van der Waals surface area contributed by atoms with Gasteiger partial charge in [0, 0.05) is 17.1 Å². The van der Waals surface area contributed by atoms with E-state index in [4.69, 9.17) is 0 Å². The van der Waals surface area contributed by atoms with Crippen LogP contribution in [0.2, 0.25) is 0 Å². The third-order valence-electron chi connectivity index (χ3n) is 6.25. The van der Waals surface area contributed by atoms with E-state index >= 15 is 0 Å². The Bertz CT molecular complexity index is 646. The minimum absolute atomic E-state index is 0.694. The van der Waals surface area contributed by atoms with Crippen LogP contribution in [0.1, 0.15) is 32.1 Å². The molecule has 104 valence electrons. The summed E-state index contributed by atoms with van der Waals surface area (Å²) in [7, 11) is 0. The summed E-state index contributed by atoms with van der Waals surface area (Å²) in [5.41, 5.74) is 2.40. The monoisotopic (exact) mass is 267 g/mol. The Labute approximate surface area is 119 Å². The molecular formula is C17H21N3. The molecule has 3 nitrogen and oxygen atoms in total. The summed E-state index contributed by atoms with van der Waals surface area (Å²) in [5.74, 6) is 4.03. The van der Waals surface area contributed by atoms with Gasteiger partial charge in [-0.25, -0.2) is 0 Å². The number of hydrogen-bond donors (Lipinski definition) is 2. The van der Waals surface area contributed by atoms with Crippen molar-refractivity contribution in [3.63, 3.8) is 0 Å². The highest BCUT2D eigenvalue weighted by atomic mass is 15.1. The van der Waals surface area contributed by atoms with Crippen molar-refractivity contribution in [2.24, 2.45) is 23.7 Å². The molecule has 2 aromatic rings. The maximum absolute atomic E-state index is 4.17. The molecule has 20 heavy (non-hydrogen) atoms. The summed E-state index contributed by atoms with van der Waals surface area (Å²) in [6, 6.07) is 7.12. The molecule has 5 unspecified atom stereocenters. The number of fused-ring (bicyclic) bond motifs is 6. The molecular weight excluding hydrogens is 246 g/mol. The van der Waals surface area contributed by atoms with E-state index in [0.29, 0.717) is 6.04 Å². The van der Waals surface area contributed by atoms with E-state index in [0.717, 1.165) is 29.2 Å². The van der Waals surface area contributed by atoms with Gasteiger partial charge < -0.3 is 5.32 Å². The van der Waals surface area contributed by atoms with E-state index in [9.17, 15) is 0 Å². The Morgan fingerprint density at radius 2 is 2.05 bits per heavy atom. The van der Waals surface area contributed by atoms with Crippen molar-refractivity contribution < 1.29 is 0 Å². The molecule has 0 radical (unpaired) electrons. The first-order valence-electron chi connectivity index (χ1n) is 8.09. The van der Waals surface area contributed by atoms with E-state index in [1.807, 2.05) is 6.20 Å². The zero-order valence-electron chi connectivity index (χ0n) is 11.7. The number of aromatic amines is 1. The molecule has 5 atom stereocenters. The van der Waals surface area contributed by atoms with Crippen LogP contribution < -0.4 is 5.32 Å². The van der Waals surface area contributed by atoms with E-state index in [2.05, 4.69) is 33.7 Å². The average molecular weight is 267 g/mol.